The van der Waals surface area contributed by atoms with E-state index in [2.05, 4.69) is 6.92 Å². The molecule has 0 aliphatic rings. The lowest BCUT2D eigenvalue weighted by molar-refractivity contribution is 0.282. The van der Waals surface area contributed by atoms with Crippen LogP contribution in [0, 0.1) is 0 Å². The van der Waals surface area contributed by atoms with Gasteiger partial charge in [-0.3, -0.25) is 0 Å². The van der Waals surface area contributed by atoms with Crippen molar-refractivity contribution in [3.63, 3.8) is 0 Å². The first-order chi connectivity index (χ1) is 9.54. The van der Waals surface area contributed by atoms with Gasteiger partial charge in [-0.1, -0.05) is 63.2 Å². The van der Waals surface area contributed by atoms with Crippen LogP contribution in [0.15, 0.2) is 24.2 Å². The molecule has 0 spiro atoms. The number of unbranched alkanes of at least 4 members (excludes halogenated alkanes) is 5. The molecule has 0 aliphatic carbocycles. The Morgan fingerprint density at radius 1 is 0.938 bits per heavy atom. The predicted octanol–water partition coefficient (Wildman–Crippen LogP) is 4.08. The molecule has 90 valence electrons. The van der Waals surface area contributed by atoms with Crippen molar-refractivity contribution in [2.75, 3.05) is 0 Å². The number of aliphatic hydroxyl groups excluding tert-OH is 1. The fraction of sp³-hybridized carbons (Fsp3) is 0.600. The molecule has 1 nitrogen and oxygen atoms in total. The van der Waals surface area contributed by atoms with E-state index >= 15 is 0 Å². The maximum atomic E-state index is 9.13. The summed E-state index contributed by atoms with van der Waals surface area (Å²) in [5.74, 6) is 0. The topological polar surface area (TPSA) is 20.2 Å². The molecule has 0 atom stereocenters. The van der Waals surface area contributed by atoms with E-state index in [4.69, 9.17) is 10.6 Å². The van der Waals surface area contributed by atoms with Crippen LogP contribution in [0.4, 0.5) is 0 Å². The van der Waals surface area contributed by atoms with Gasteiger partial charge in [0, 0.05) is 0 Å². The van der Waals surface area contributed by atoms with E-state index in [-0.39, 0.29) is 29.7 Å². The van der Waals surface area contributed by atoms with Crippen LogP contribution in [-0.4, -0.2) is 5.11 Å². The number of aliphatic hydroxyl groups is 1. The molecule has 0 saturated heterocycles. The van der Waals surface area contributed by atoms with Crippen LogP contribution < -0.4 is 0 Å². The van der Waals surface area contributed by atoms with Crippen LogP contribution in [0.1, 0.15) is 62.1 Å². The maximum absolute atomic E-state index is 9.13. The van der Waals surface area contributed by atoms with Gasteiger partial charge in [-0.2, -0.15) is 0 Å². The first-order valence-electron chi connectivity index (χ1n) is 8.23. The van der Waals surface area contributed by atoms with Crippen molar-refractivity contribution >= 4 is 0 Å². The Balaban J connectivity index is 2.71. The highest BCUT2D eigenvalue weighted by atomic mass is 16.3. The quantitative estimate of drug-likeness (QED) is 0.660. The molecule has 0 aromatic heterocycles. The minimum atomic E-state index is -0.452. The van der Waals surface area contributed by atoms with Crippen LogP contribution >= 0.6 is 0 Å². The minimum absolute atomic E-state index is 0.00334. The monoisotopic (exact) mass is 224 g/mol. The van der Waals surface area contributed by atoms with Gasteiger partial charge in [0.1, 0.15) is 0 Å². The van der Waals surface area contributed by atoms with Crippen LogP contribution in [0.2, 0.25) is 0 Å². The van der Waals surface area contributed by atoms with Gasteiger partial charge in [-0.05, 0) is 24.0 Å². The third-order valence-electron chi connectivity index (χ3n) is 2.67. The summed E-state index contributed by atoms with van der Waals surface area (Å²) in [6, 6.07) is -0.198. The van der Waals surface area contributed by atoms with Gasteiger partial charge in [-0.25, -0.2) is 0 Å². The zero-order chi connectivity index (χ0) is 15.1. The van der Waals surface area contributed by atoms with Crippen molar-refractivity contribution in [1.82, 2.24) is 0 Å². The number of hydrogen-bond acceptors (Lipinski definition) is 1. The minimum Gasteiger partial charge on any atom is -0.392 e. The maximum Gasteiger partial charge on any atom is 0.0681 e. The Hall–Kier alpha value is -0.820. The van der Waals surface area contributed by atoms with Gasteiger partial charge in [0.2, 0.25) is 0 Å². The van der Waals surface area contributed by atoms with Gasteiger partial charge in [0.25, 0.3) is 0 Å². The second-order valence-corrected chi connectivity index (χ2v) is 4.13. The van der Waals surface area contributed by atoms with Crippen LogP contribution in [0.5, 0.6) is 0 Å². The summed E-state index contributed by atoms with van der Waals surface area (Å²) in [6.45, 7) is 1.72. The molecule has 0 radical (unpaired) electrons. The molecule has 0 bridgehead atoms. The molecular formula is C15H24O. The molecule has 0 unspecified atom stereocenters. The molecule has 0 aliphatic heterocycles. The largest absolute Gasteiger partial charge is 0.392 e. The fourth-order valence-electron chi connectivity index (χ4n) is 1.65. The zero-order valence-corrected chi connectivity index (χ0v) is 10.1. The third kappa shape index (κ3) is 5.32. The average Bonchev–Trinajstić information content (AvgIpc) is 2.44. The summed E-state index contributed by atoms with van der Waals surface area (Å²) in [5.41, 5.74) is 0.569. The van der Waals surface area contributed by atoms with Gasteiger partial charge in [0.05, 0.1) is 12.1 Å². The van der Waals surface area contributed by atoms with Crippen molar-refractivity contribution in [3.8, 4) is 0 Å². The standard InChI is InChI=1S/C15H24O/c1-2-3-4-5-6-7-8-14-9-11-15(13-16)12-10-14/h9-12,16H,2-8,13H2,1H3/i9D,10D,11D,12D. The van der Waals surface area contributed by atoms with Crippen LogP contribution in [0.25, 0.3) is 0 Å². The molecule has 0 fully saturated rings. The Morgan fingerprint density at radius 2 is 1.50 bits per heavy atom. The second-order valence-electron chi connectivity index (χ2n) is 4.13. The first kappa shape index (κ1) is 8.30. The molecular weight excluding hydrogens is 196 g/mol. The van der Waals surface area contributed by atoms with E-state index in [1.807, 2.05) is 0 Å². The molecule has 0 saturated carbocycles. The first-order valence-corrected chi connectivity index (χ1v) is 6.23. The van der Waals surface area contributed by atoms with E-state index in [0.29, 0.717) is 12.0 Å². The summed E-state index contributed by atoms with van der Waals surface area (Å²) in [6.07, 6.45) is 7.35. The van der Waals surface area contributed by atoms with Crippen molar-refractivity contribution in [2.24, 2.45) is 0 Å². The SMILES string of the molecule is [2H]c1c([2H])c(CCCCCCCC)c([2H])c([2H])c1CO. The Morgan fingerprint density at radius 3 is 2.12 bits per heavy atom. The number of hydrogen-bond donors (Lipinski definition) is 1. The van der Waals surface area contributed by atoms with E-state index in [1.165, 1.54) is 19.3 Å². The Bertz CT molecular complexity index is 417. The van der Waals surface area contributed by atoms with E-state index in [0.717, 1.165) is 19.3 Å². The summed E-state index contributed by atoms with van der Waals surface area (Å²) in [7, 11) is 0. The predicted molar refractivity (Wildman–Crippen MR) is 69.4 cm³/mol. The molecule has 1 aromatic rings. The number of rotatable bonds is 8. The third-order valence-corrected chi connectivity index (χ3v) is 2.67. The number of benzene rings is 1. The lowest BCUT2D eigenvalue weighted by atomic mass is 10.0. The molecule has 0 amide bonds. The van der Waals surface area contributed by atoms with Crippen LogP contribution in [0.3, 0.4) is 0 Å². The smallest absolute Gasteiger partial charge is 0.0681 e. The molecule has 0 heterocycles. The van der Waals surface area contributed by atoms with Gasteiger partial charge < -0.3 is 5.11 Å². The molecule has 1 heteroatoms. The highest BCUT2D eigenvalue weighted by Gasteiger charge is 1.95. The Labute approximate surface area is 105 Å². The van der Waals surface area contributed by atoms with Gasteiger partial charge >= 0.3 is 0 Å². The molecule has 1 aromatic carbocycles. The highest BCUT2D eigenvalue weighted by Crippen LogP contribution is 2.11. The summed E-state index contributed by atoms with van der Waals surface area (Å²) >= 11 is 0. The van der Waals surface area contributed by atoms with Crippen molar-refractivity contribution in [3.05, 3.63) is 35.3 Å². The highest BCUT2D eigenvalue weighted by molar-refractivity contribution is 5.21. The Kier molecular flexibility index (Phi) is 4.33. The van der Waals surface area contributed by atoms with E-state index in [1.54, 1.807) is 0 Å². The second kappa shape index (κ2) is 8.35. The van der Waals surface area contributed by atoms with Crippen LogP contribution in [-0.2, 0) is 13.0 Å². The normalized spacial score (nSPS) is 14.1. The zero-order valence-electron chi connectivity index (χ0n) is 14.1. The molecule has 16 heavy (non-hydrogen) atoms. The van der Waals surface area contributed by atoms with Crippen molar-refractivity contribution in [1.29, 1.82) is 0 Å². The molecule has 1 N–H and O–H groups in total. The van der Waals surface area contributed by atoms with Gasteiger partial charge in [0.15, 0.2) is 0 Å². The lowest BCUT2D eigenvalue weighted by Crippen LogP contribution is -1.88. The van der Waals surface area contributed by atoms with Crippen molar-refractivity contribution < 1.29 is 10.6 Å². The van der Waals surface area contributed by atoms with Crippen molar-refractivity contribution in [2.45, 2.75) is 58.5 Å². The van der Waals surface area contributed by atoms with E-state index < -0.39 is 6.61 Å². The summed E-state index contributed by atoms with van der Waals surface area (Å²) in [5, 5.41) is 9.13. The van der Waals surface area contributed by atoms with E-state index in [9.17, 15) is 0 Å². The lowest BCUT2D eigenvalue weighted by Gasteiger charge is -2.03. The van der Waals surface area contributed by atoms with Gasteiger partial charge in [-0.15, -0.1) is 0 Å². The molecule has 1 rings (SSSR count). The average molecular weight is 224 g/mol. The summed E-state index contributed by atoms with van der Waals surface area (Å²) < 4.78 is 31.4. The fourth-order valence-corrected chi connectivity index (χ4v) is 1.65. The summed E-state index contributed by atoms with van der Waals surface area (Å²) in [4.78, 5) is 0.